The van der Waals surface area contributed by atoms with E-state index in [0.717, 1.165) is 18.6 Å². The second-order valence-corrected chi connectivity index (χ2v) is 6.41. The monoisotopic (exact) mass is 370 g/mol. The first-order valence-electron chi connectivity index (χ1n) is 8.57. The van der Waals surface area contributed by atoms with Crippen molar-refractivity contribution in [2.45, 2.75) is 19.3 Å². The van der Waals surface area contributed by atoms with Crippen molar-refractivity contribution >= 4 is 11.9 Å². The molecule has 0 spiro atoms. The van der Waals surface area contributed by atoms with Gasteiger partial charge in [0.25, 0.3) is 0 Å². The third kappa shape index (κ3) is 3.53. The van der Waals surface area contributed by atoms with Crippen molar-refractivity contribution in [3.63, 3.8) is 0 Å². The van der Waals surface area contributed by atoms with E-state index in [-0.39, 0.29) is 11.8 Å². The van der Waals surface area contributed by atoms with Gasteiger partial charge in [-0.2, -0.15) is 10.2 Å². The largest absolute Gasteiger partial charge is 0.307 e. The van der Waals surface area contributed by atoms with Crippen molar-refractivity contribution in [1.82, 2.24) is 25.4 Å². The van der Waals surface area contributed by atoms with Gasteiger partial charge in [-0.3, -0.25) is 9.69 Å². The first-order valence-corrected chi connectivity index (χ1v) is 8.57. The maximum atomic E-state index is 13.4. The summed E-state index contributed by atoms with van der Waals surface area (Å²) in [5.41, 5.74) is 1.31. The molecule has 0 radical (unpaired) electrons. The Balaban J connectivity index is 1.52. The number of aromatic amines is 1. The highest BCUT2D eigenvalue weighted by molar-refractivity contribution is 5.94. The minimum atomic E-state index is -0.904. The van der Waals surface area contributed by atoms with Gasteiger partial charge in [0.05, 0.1) is 12.4 Å². The van der Waals surface area contributed by atoms with Crippen molar-refractivity contribution in [2.24, 2.45) is 5.92 Å². The molecule has 0 saturated carbocycles. The van der Waals surface area contributed by atoms with Crippen LogP contribution in [0.15, 0.2) is 36.7 Å². The lowest BCUT2D eigenvalue weighted by Gasteiger charge is -2.30. The van der Waals surface area contributed by atoms with E-state index in [1.165, 1.54) is 6.07 Å². The van der Waals surface area contributed by atoms with Crippen LogP contribution in [0.4, 0.5) is 14.7 Å². The van der Waals surface area contributed by atoms with Crippen molar-refractivity contribution in [3.05, 3.63) is 53.9 Å². The summed E-state index contributed by atoms with van der Waals surface area (Å²) in [5, 5.41) is 15.7. The summed E-state index contributed by atoms with van der Waals surface area (Å²) in [4.78, 5) is 17.5. The molecule has 1 aromatic carbocycles. The quantitative estimate of drug-likeness (QED) is 0.762. The summed E-state index contributed by atoms with van der Waals surface area (Å²) in [6.07, 6.45) is 4.91. The summed E-state index contributed by atoms with van der Waals surface area (Å²) in [6.45, 7) is 0.524. The van der Waals surface area contributed by atoms with Gasteiger partial charge in [-0.05, 0) is 43.0 Å². The molecule has 1 N–H and O–H groups in total. The first kappa shape index (κ1) is 17.2. The lowest BCUT2D eigenvalue weighted by molar-refractivity contribution is -0.123. The maximum absolute atomic E-state index is 13.4. The van der Waals surface area contributed by atoms with Gasteiger partial charge in [0, 0.05) is 18.0 Å². The average molecular weight is 370 g/mol. The minimum absolute atomic E-state index is 0.110. The van der Waals surface area contributed by atoms with E-state index in [4.69, 9.17) is 0 Å². The van der Waals surface area contributed by atoms with Gasteiger partial charge in [0.2, 0.25) is 11.9 Å². The Morgan fingerprint density at radius 1 is 1.15 bits per heavy atom. The molecule has 1 saturated heterocycles. The summed E-state index contributed by atoms with van der Waals surface area (Å²) < 4.78 is 26.5. The molecule has 1 amide bonds. The molecule has 0 bridgehead atoms. The molecule has 3 aromatic rings. The number of hydrogen-bond donors (Lipinski definition) is 1. The molecule has 1 aliphatic heterocycles. The SMILES string of the molecule is O=C1C(Cc2ccc(F)c(F)c2)CCCN1c1nnc(-c2ccnnc2)[nH]1. The number of nitrogens with zero attached hydrogens (tertiary/aromatic N) is 5. The summed E-state index contributed by atoms with van der Waals surface area (Å²) >= 11 is 0. The van der Waals surface area contributed by atoms with E-state index in [2.05, 4.69) is 25.4 Å². The number of carbonyl (C=O) groups is 1. The molecular weight excluding hydrogens is 354 g/mol. The lowest BCUT2D eigenvalue weighted by Crippen LogP contribution is -2.42. The Morgan fingerprint density at radius 2 is 2.04 bits per heavy atom. The van der Waals surface area contributed by atoms with E-state index < -0.39 is 11.6 Å². The van der Waals surface area contributed by atoms with Gasteiger partial charge in [0.1, 0.15) is 0 Å². The molecule has 0 aliphatic carbocycles. The van der Waals surface area contributed by atoms with Gasteiger partial charge >= 0.3 is 0 Å². The molecule has 1 fully saturated rings. The van der Waals surface area contributed by atoms with Crippen molar-refractivity contribution in [2.75, 3.05) is 11.4 Å². The third-order valence-electron chi connectivity index (χ3n) is 4.60. The van der Waals surface area contributed by atoms with Crippen LogP contribution in [0.25, 0.3) is 11.4 Å². The van der Waals surface area contributed by atoms with Crippen LogP contribution < -0.4 is 4.90 Å². The Morgan fingerprint density at radius 3 is 2.81 bits per heavy atom. The number of rotatable bonds is 4. The van der Waals surface area contributed by atoms with Crippen LogP contribution in [-0.4, -0.2) is 37.8 Å². The van der Waals surface area contributed by atoms with Gasteiger partial charge in [-0.15, -0.1) is 10.2 Å². The van der Waals surface area contributed by atoms with E-state index >= 15 is 0 Å². The molecule has 3 heterocycles. The number of nitrogens with one attached hydrogen (secondary N) is 1. The number of H-pyrrole nitrogens is 1. The van der Waals surface area contributed by atoms with E-state index in [0.29, 0.717) is 42.3 Å². The fraction of sp³-hybridized carbons (Fsp3) is 0.278. The fourth-order valence-corrected chi connectivity index (χ4v) is 3.24. The zero-order valence-corrected chi connectivity index (χ0v) is 14.3. The number of piperidine rings is 1. The van der Waals surface area contributed by atoms with Gasteiger partial charge in [-0.1, -0.05) is 6.07 Å². The number of halogens is 2. The fourth-order valence-electron chi connectivity index (χ4n) is 3.24. The maximum Gasteiger partial charge on any atom is 0.232 e. The van der Waals surface area contributed by atoms with Crippen LogP contribution in [0.2, 0.25) is 0 Å². The number of hydrogen-bond acceptors (Lipinski definition) is 5. The minimum Gasteiger partial charge on any atom is -0.307 e. The van der Waals surface area contributed by atoms with Crippen molar-refractivity contribution < 1.29 is 13.6 Å². The molecule has 138 valence electrons. The van der Waals surface area contributed by atoms with Gasteiger partial charge in [0.15, 0.2) is 17.5 Å². The van der Waals surface area contributed by atoms with Crippen LogP contribution in [0, 0.1) is 17.6 Å². The van der Waals surface area contributed by atoms with E-state index in [1.807, 2.05) is 0 Å². The first-order chi connectivity index (χ1) is 13.1. The topological polar surface area (TPSA) is 87.7 Å². The lowest BCUT2D eigenvalue weighted by atomic mass is 9.90. The molecule has 4 rings (SSSR count). The molecule has 1 aliphatic rings. The Hall–Kier alpha value is -3.23. The highest BCUT2D eigenvalue weighted by Gasteiger charge is 2.31. The number of anilines is 1. The molecule has 9 heteroatoms. The van der Waals surface area contributed by atoms with Crippen LogP contribution in [-0.2, 0) is 11.2 Å². The van der Waals surface area contributed by atoms with Gasteiger partial charge < -0.3 is 4.98 Å². The second-order valence-electron chi connectivity index (χ2n) is 6.41. The Bertz CT molecular complexity index is 961. The van der Waals surface area contributed by atoms with Crippen molar-refractivity contribution in [1.29, 1.82) is 0 Å². The Labute approximate surface area is 153 Å². The molecular formula is C18H16F2N6O. The highest BCUT2D eigenvalue weighted by atomic mass is 19.2. The van der Waals surface area contributed by atoms with Crippen molar-refractivity contribution in [3.8, 4) is 11.4 Å². The third-order valence-corrected chi connectivity index (χ3v) is 4.60. The summed E-state index contributed by atoms with van der Waals surface area (Å²) in [7, 11) is 0. The number of aromatic nitrogens is 5. The molecule has 7 nitrogen and oxygen atoms in total. The molecule has 1 atom stereocenters. The van der Waals surface area contributed by atoms with E-state index in [9.17, 15) is 13.6 Å². The summed E-state index contributed by atoms with van der Waals surface area (Å²) in [5.74, 6) is -1.37. The Kier molecular flexibility index (Phi) is 4.57. The normalized spacial score (nSPS) is 17.3. The zero-order chi connectivity index (χ0) is 18.8. The van der Waals surface area contributed by atoms with Crippen LogP contribution in [0.3, 0.4) is 0 Å². The molecule has 27 heavy (non-hydrogen) atoms. The smallest absolute Gasteiger partial charge is 0.232 e. The van der Waals surface area contributed by atoms with Gasteiger partial charge in [-0.25, -0.2) is 8.78 Å². The van der Waals surface area contributed by atoms with E-state index in [1.54, 1.807) is 23.4 Å². The molecule has 1 unspecified atom stereocenters. The predicted octanol–water partition coefficient (Wildman–Crippen LogP) is 2.53. The standard InChI is InChI=1S/C18H16F2N6O/c19-14-4-3-11(9-15(14)20)8-12-2-1-7-26(17(12)27)18-23-16(24-25-18)13-5-6-21-22-10-13/h3-6,9-10,12H,1-2,7-8H2,(H,23,24,25). The van der Waals surface area contributed by atoms with Crippen LogP contribution in [0.5, 0.6) is 0 Å². The number of amides is 1. The van der Waals surface area contributed by atoms with Crippen LogP contribution >= 0.6 is 0 Å². The summed E-state index contributed by atoms with van der Waals surface area (Å²) in [6, 6.07) is 5.47. The average Bonchev–Trinajstić information content (AvgIpc) is 3.17. The number of carbonyl (C=O) groups excluding carboxylic acids is 1. The predicted molar refractivity (Wildman–Crippen MR) is 92.5 cm³/mol. The number of benzene rings is 1. The van der Waals surface area contributed by atoms with Crippen LogP contribution in [0.1, 0.15) is 18.4 Å². The molecule has 2 aromatic heterocycles. The zero-order valence-electron chi connectivity index (χ0n) is 14.3. The highest BCUT2D eigenvalue weighted by Crippen LogP contribution is 2.26. The second kappa shape index (κ2) is 7.18.